The summed E-state index contributed by atoms with van der Waals surface area (Å²) in [7, 11) is 0. The lowest BCUT2D eigenvalue weighted by molar-refractivity contribution is -0.117. The van der Waals surface area contributed by atoms with Crippen LogP contribution in [-0.4, -0.2) is 36.3 Å². The number of amides is 1. The molecule has 0 saturated heterocycles. The van der Waals surface area contributed by atoms with E-state index >= 15 is 0 Å². The molecule has 0 radical (unpaired) electrons. The molecule has 1 aromatic carbocycles. The van der Waals surface area contributed by atoms with Crippen LogP contribution >= 0.6 is 11.6 Å². The molecule has 174 valence electrons. The number of fused-ring (bicyclic) bond motifs is 1. The Labute approximate surface area is 201 Å². The first kappa shape index (κ1) is 22.1. The van der Waals surface area contributed by atoms with Crippen LogP contribution in [0.15, 0.2) is 55.1 Å². The molecule has 2 atom stereocenters. The third-order valence-corrected chi connectivity index (χ3v) is 5.75. The van der Waals surface area contributed by atoms with Crippen molar-refractivity contribution < 1.29 is 9.53 Å². The Hall–Kier alpha value is -3.72. The zero-order chi connectivity index (χ0) is 23.7. The molecule has 1 unspecified atom stereocenters. The molecule has 0 bridgehead atoms. The fourth-order valence-corrected chi connectivity index (χ4v) is 4.04. The number of benzene rings is 1. The molecule has 1 aliphatic rings. The van der Waals surface area contributed by atoms with Crippen molar-refractivity contribution in [2.75, 3.05) is 10.6 Å². The molecule has 9 nitrogen and oxygen atoms in total. The highest BCUT2D eigenvalue weighted by Gasteiger charge is 2.44. The van der Waals surface area contributed by atoms with E-state index in [9.17, 15) is 4.79 Å². The van der Waals surface area contributed by atoms with Crippen molar-refractivity contribution in [1.29, 1.82) is 0 Å². The summed E-state index contributed by atoms with van der Waals surface area (Å²) in [5.41, 5.74) is 2.63. The molecule has 1 aliphatic carbocycles. The molecule has 1 fully saturated rings. The van der Waals surface area contributed by atoms with Crippen molar-refractivity contribution in [1.82, 2.24) is 24.3 Å². The Kier molecular flexibility index (Phi) is 6.02. The summed E-state index contributed by atoms with van der Waals surface area (Å²) < 4.78 is 7.56. The Morgan fingerprint density at radius 2 is 2.06 bits per heavy atom. The van der Waals surface area contributed by atoms with E-state index in [1.807, 2.05) is 54.8 Å². The molecular formula is C24H24ClN7O2. The number of hydrogen-bond acceptors (Lipinski definition) is 7. The quantitative estimate of drug-likeness (QED) is 0.389. The minimum Gasteiger partial charge on any atom is -0.462 e. The molecule has 0 spiro atoms. The highest BCUT2D eigenvalue weighted by Crippen LogP contribution is 2.48. The summed E-state index contributed by atoms with van der Waals surface area (Å²) in [5.74, 6) is 1.08. The predicted octanol–water partition coefficient (Wildman–Crippen LogP) is 4.31. The molecule has 3 heterocycles. The van der Waals surface area contributed by atoms with E-state index in [-0.39, 0.29) is 23.8 Å². The topological polar surface area (TPSA) is 106 Å². The average Bonchev–Trinajstić information content (AvgIpc) is 3.50. The number of nitrogens with one attached hydrogen (secondary N) is 2. The van der Waals surface area contributed by atoms with Crippen molar-refractivity contribution in [2.45, 2.75) is 38.8 Å². The zero-order valence-electron chi connectivity index (χ0n) is 18.8. The first-order valence-electron chi connectivity index (χ1n) is 11.1. The van der Waals surface area contributed by atoms with Crippen LogP contribution in [0, 0.1) is 5.92 Å². The standard InChI is InChI=1S/C24H24ClN7O2/c1-14(2)34-24-26-7-6-22-30-17(12-32(22)24)11-27-20-10-21(29-13-28-20)31-23(33)19-9-18(19)15-4-3-5-16(25)8-15/h3-8,10,12-14,18-19H,9,11H2,1-2H3,(H2,27,28,29,31,33)/t18?,19-/m0/s1. The summed E-state index contributed by atoms with van der Waals surface area (Å²) >= 11 is 6.08. The summed E-state index contributed by atoms with van der Waals surface area (Å²) in [6.07, 6.45) is 5.77. The molecule has 2 N–H and O–H groups in total. The summed E-state index contributed by atoms with van der Waals surface area (Å²) in [6.45, 7) is 4.34. The monoisotopic (exact) mass is 477 g/mol. The third-order valence-electron chi connectivity index (χ3n) is 5.51. The maximum atomic E-state index is 12.7. The lowest BCUT2D eigenvalue weighted by Crippen LogP contribution is -2.16. The van der Waals surface area contributed by atoms with E-state index in [0.29, 0.717) is 29.2 Å². The van der Waals surface area contributed by atoms with Gasteiger partial charge in [0.05, 0.1) is 18.3 Å². The van der Waals surface area contributed by atoms with Crippen molar-refractivity contribution >= 4 is 34.8 Å². The van der Waals surface area contributed by atoms with E-state index in [0.717, 1.165) is 23.3 Å². The van der Waals surface area contributed by atoms with Gasteiger partial charge in [0.15, 0.2) is 0 Å². The van der Waals surface area contributed by atoms with Gasteiger partial charge in [-0.1, -0.05) is 23.7 Å². The number of hydrogen-bond donors (Lipinski definition) is 2. The second kappa shape index (κ2) is 9.26. The highest BCUT2D eigenvalue weighted by molar-refractivity contribution is 6.30. The van der Waals surface area contributed by atoms with Gasteiger partial charge in [0.25, 0.3) is 0 Å². The molecule has 1 saturated carbocycles. The van der Waals surface area contributed by atoms with Crippen LogP contribution in [0.3, 0.4) is 0 Å². The van der Waals surface area contributed by atoms with Gasteiger partial charge in [0, 0.05) is 29.4 Å². The normalized spacial score (nSPS) is 17.1. The van der Waals surface area contributed by atoms with Gasteiger partial charge in [-0.25, -0.2) is 19.9 Å². The van der Waals surface area contributed by atoms with E-state index < -0.39 is 0 Å². The van der Waals surface area contributed by atoms with Crippen molar-refractivity contribution in [3.63, 3.8) is 0 Å². The smallest absolute Gasteiger partial charge is 0.302 e. The number of halogens is 1. The minimum atomic E-state index is -0.0846. The Morgan fingerprint density at radius 3 is 2.88 bits per heavy atom. The van der Waals surface area contributed by atoms with E-state index in [1.54, 1.807) is 12.3 Å². The first-order valence-corrected chi connectivity index (χ1v) is 11.5. The lowest BCUT2D eigenvalue weighted by Gasteiger charge is -2.09. The zero-order valence-corrected chi connectivity index (χ0v) is 19.5. The van der Waals surface area contributed by atoms with Gasteiger partial charge in [0.1, 0.15) is 23.6 Å². The number of carbonyl (C=O) groups excluding carboxylic acids is 1. The number of ether oxygens (including phenoxy) is 1. The number of nitrogens with zero attached hydrogens (tertiary/aromatic N) is 5. The molecule has 5 rings (SSSR count). The molecular weight excluding hydrogens is 454 g/mol. The van der Waals surface area contributed by atoms with Crippen LogP contribution in [-0.2, 0) is 11.3 Å². The van der Waals surface area contributed by atoms with Gasteiger partial charge in [-0.2, -0.15) is 0 Å². The van der Waals surface area contributed by atoms with Gasteiger partial charge < -0.3 is 15.4 Å². The number of anilines is 2. The first-order chi connectivity index (χ1) is 16.5. The van der Waals surface area contributed by atoms with E-state index in [4.69, 9.17) is 16.3 Å². The van der Waals surface area contributed by atoms with E-state index in [2.05, 4.69) is 30.6 Å². The largest absolute Gasteiger partial charge is 0.462 e. The van der Waals surface area contributed by atoms with Crippen LogP contribution in [0.25, 0.3) is 5.65 Å². The van der Waals surface area contributed by atoms with Gasteiger partial charge in [-0.05, 0) is 49.9 Å². The number of aromatic nitrogens is 5. The number of imidazole rings is 1. The lowest BCUT2D eigenvalue weighted by atomic mass is 10.1. The minimum absolute atomic E-state index is 0.00753. The highest BCUT2D eigenvalue weighted by atomic mass is 35.5. The van der Waals surface area contributed by atoms with Gasteiger partial charge in [0.2, 0.25) is 5.91 Å². The summed E-state index contributed by atoms with van der Waals surface area (Å²) in [6, 6.07) is 11.7. The number of carbonyl (C=O) groups is 1. The van der Waals surface area contributed by atoms with E-state index in [1.165, 1.54) is 6.33 Å². The summed E-state index contributed by atoms with van der Waals surface area (Å²) in [4.78, 5) is 30.0. The Bertz CT molecular complexity index is 1340. The van der Waals surface area contributed by atoms with Crippen LogP contribution in [0.2, 0.25) is 5.02 Å². The van der Waals surface area contributed by atoms with Crippen molar-refractivity contribution in [3.8, 4) is 6.01 Å². The summed E-state index contributed by atoms with van der Waals surface area (Å²) in [5, 5.41) is 6.80. The molecule has 0 aliphatic heterocycles. The second-order valence-electron chi connectivity index (χ2n) is 8.49. The fourth-order valence-electron chi connectivity index (χ4n) is 3.84. The molecule has 1 amide bonds. The Morgan fingerprint density at radius 1 is 1.21 bits per heavy atom. The maximum Gasteiger partial charge on any atom is 0.302 e. The predicted molar refractivity (Wildman–Crippen MR) is 129 cm³/mol. The van der Waals surface area contributed by atoms with Crippen molar-refractivity contribution in [2.24, 2.45) is 5.92 Å². The van der Waals surface area contributed by atoms with Crippen LogP contribution < -0.4 is 15.4 Å². The van der Waals surface area contributed by atoms with Gasteiger partial charge >= 0.3 is 6.01 Å². The van der Waals surface area contributed by atoms with Crippen molar-refractivity contribution in [3.05, 3.63) is 71.4 Å². The SMILES string of the molecule is CC(C)Oc1nccc2nc(CNc3cc(NC(=O)[C@H]4CC4c4cccc(Cl)c4)ncn3)cn12. The second-order valence-corrected chi connectivity index (χ2v) is 8.93. The fraction of sp³-hybridized carbons (Fsp3) is 0.292. The molecule has 34 heavy (non-hydrogen) atoms. The van der Waals surface area contributed by atoms with Crippen LogP contribution in [0.5, 0.6) is 6.01 Å². The van der Waals surface area contributed by atoms with Crippen LogP contribution in [0.4, 0.5) is 11.6 Å². The Balaban J connectivity index is 1.21. The third kappa shape index (κ3) is 4.94. The van der Waals surface area contributed by atoms with Crippen LogP contribution in [0.1, 0.15) is 37.4 Å². The molecule has 4 aromatic rings. The molecule has 3 aromatic heterocycles. The molecule has 10 heteroatoms. The average molecular weight is 478 g/mol. The number of rotatable bonds is 8. The van der Waals surface area contributed by atoms with Gasteiger partial charge in [-0.15, -0.1) is 0 Å². The van der Waals surface area contributed by atoms with Gasteiger partial charge in [-0.3, -0.25) is 9.20 Å². The maximum absolute atomic E-state index is 12.7.